The van der Waals surface area contributed by atoms with Gasteiger partial charge in [-0.2, -0.15) is 13.2 Å². The van der Waals surface area contributed by atoms with Crippen LogP contribution in [-0.2, 0) is 11.0 Å². The van der Waals surface area contributed by atoms with Gasteiger partial charge in [-0.25, -0.2) is 0 Å². The summed E-state index contributed by atoms with van der Waals surface area (Å²) in [4.78, 5) is 24.5. The number of amides is 2. The average molecular weight is 479 g/mol. The van der Waals surface area contributed by atoms with Crippen LogP contribution in [0.15, 0.2) is 40.1 Å². The van der Waals surface area contributed by atoms with Gasteiger partial charge in [-0.1, -0.05) is 40.8 Å². The molecule has 0 unspecified atom stereocenters. The highest BCUT2D eigenvalue weighted by molar-refractivity contribution is 8.01. The maximum absolute atomic E-state index is 12.8. The van der Waals surface area contributed by atoms with E-state index in [0.29, 0.717) is 9.22 Å². The largest absolute Gasteiger partial charge is 0.416 e. The number of thioether (sulfide) groups is 1. The van der Waals surface area contributed by atoms with Crippen LogP contribution < -0.4 is 10.6 Å². The summed E-state index contributed by atoms with van der Waals surface area (Å²) in [5.41, 5.74) is -1.05. The van der Waals surface area contributed by atoms with E-state index in [0.717, 1.165) is 41.3 Å². The third-order valence-electron chi connectivity index (χ3n) is 3.27. The zero-order chi connectivity index (χ0) is 21.0. The van der Waals surface area contributed by atoms with Crippen molar-refractivity contribution < 1.29 is 22.8 Å². The molecule has 0 radical (unpaired) electrons. The zero-order valence-corrected chi connectivity index (χ0v) is 17.3. The van der Waals surface area contributed by atoms with Crippen LogP contribution in [0.25, 0.3) is 0 Å². The molecule has 1 aromatic carbocycles. The summed E-state index contributed by atoms with van der Waals surface area (Å²) in [5.74, 6) is -1.000. The van der Waals surface area contributed by atoms with Crippen LogP contribution in [0.4, 0.5) is 24.0 Å². The molecular formula is C16H10ClF3N4O2S3. The molecule has 0 spiro atoms. The molecule has 0 fully saturated rings. The molecule has 6 nitrogen and oxygen atoms in total. The lowest BCUT2D eigenvalue weighted by molar-refractivity contribution is -0.137. The van der Waals surface area contributed by atoms with Crippen molar-refractivity contribution in [2.24, 2.45) is 0 Å². The molecule has 2 heterocycles. The van der Waals surface area contributed by atoms with Gasteiger partial charge < -0.3 is 5.32 Å². The second-order valence-corrected chi connectivity index (χ2v) is 8.89. The Bertz CT molecular complexity index is 1020. The van der Waals surface area contributed by atoms with Crippen molar-refractivity contribution >= 4 is 68.7 Å². The van der Waals surface area contributed by atoms with Crippen molar-refractivity contribution in [1.82, 2.24) is 10.2 Å². The number of anilines is 2. The molecule has 29 heavy (non-hydrogen) atoms. The molecule has 2 N–H and O–H groups in total. The van der Waals surface area contributed by atoms with Crippen molar-refractivity contribution in [2.45, 2.75) is 10.5 Å². The van der Waals surface area contributed by atoms with Gasteiger partial charge in [-0.3, -0.25) is 14.9 Å². The molecule has 2 amide bonds. The van der Waals surface area contributed by atoms with E-state index in [4.69, 9.17) is 11.6 Å². The molecule has 3 aromatic rings. The van der Waals surface area contributed by atoms with Crippen LogP contribution in [0.5, 0.6) is 0 Å². The minimum absolute atomic E-state index is 0.00848. The van der Waals surface area contributed by atoms with E-state index in [1.54, 1.807) is 17.5 Å². The number of hydrogen-bond acceptors (Lipinski definition) is 7. The molecule has 13 heteroatoms. The van der Waals surface area contributed by atoms with E-state index in [1.165, 1.54) is 11.3 Å². The smallest absolute Gasteiger partial charge is 0.324 e. The third-order valence-corrected chi connectivity index (χ3v) is 6.44. The number of carbonyl (C=O) groups is 2. The summed E-state index contributed by atoms with van der Waals surface area (Å²) >= 11 is 9.24. The monoisotopic (exact) mass is 478 g/mol. The number of thiophene rings is 1. The Balaban J connectivity index is 1.55. The molecule has 0 saturated heterocycles. The van der Waals surface area contributed by atoms with E-state index in [1.807, 2.05) is 0 Å². The fourth-order valence-corrected chi connectivity index (χ4v) is 4.33. The summed E-state index contributed by atoms with van der Waals surface area (Å²) in [6, 6.07) is 6.09. The average Bonchev–Trinajstić information content (AvgIpc) is 3.33. The lowest BCUT2D eigenvalue weighted by Crippen LogP contribution is -2.15. The van der Waals surface area contributed by atoms with Gasteiger partial charge in [0, 0.05) is 0 Å². The summed E-state index contributed by atoms with van der Waals surface area (Å²) in [7, 11) is 0. The summed E-state index contributed by atoms with van der Waals surface area (Å²) in [6.07, 6.45) is -4.55. The number of nitrogens with zero attached hydrogens (tertiary/aromatic N) is 2. The molecule has 0 saturated carbocycles. The first-order valence-electron chi connectivity index (χ1n) is 7.70. The van der Waals surface area contributed by atoms with Gasteiger partial charge in [-0.15, -0.1) is 21.5 Å². The van der Waals surface area contributed by atoms with Gasteiger partial charge >= 0.3 is 6.18 Å². The van der Waals surface area contributed by atoms with E-state index in [9.17, 15) is 22.8 Å². The summed E-state index contributed by atoms with van der Waals surface area (Å²) in [6.45, 7) is 0. The first-order valence-corrected chi connectivity index (χ1v) is 10.8. The van der Waals surface area contributed by atoms with Crippen LogP contribution >= 0.6 is 46.0 Å². The fraction of sp³-hybridized carbons (Fsp3) is 0.125. The predicted molar refractivity (Wildman–Crippen MR) is 108 cm³/mol. The molecule has 3 rings (SSSR count). The number of carbonyl (C=O) groups excluding carboxylic acids is 2. The lowest BCUT2D eigenvalue weighted by atomic mass is 10.2. The first kappa shape index (κ1) is 21.6. The highest BCUT2D eigenvalue weighted by Gasteiger charge is 2.31. The molecule has 0 aliphatic rings. The summed E-state index contributed by atoms with van der Waals surface area (Å²) < 4.78 is 38.8. The van der Waals surface area contributed by atoms with Crippen molar-refractivity contribution in [1.29, 1.82) is 0 Å². The second kappa shape index (κ2) is 9.11. The number of hydrogen-bond donors (Lipinski definition) is 2. The Hall–Kier alpha value is -2.15. The maximum Gasteiger partial charge on any atom is 0.416 e. The van der Waals surface area contributed by atoms with Crippen molar-refractivity contribution in [3.05, 3.63) is 51.2 Å². The minimum atomic E-state index is -4.55. The van der Waals surface area contributed by atoms with Crippen LogP contribution in [0, 0.1) is 0 Å². The molecule has 0 bridgehead atoms. The minimum Gasteiger partial charge on any atom is -0.324 e. The van der Waals surface area contributed by atoms with E-state index in [2.05, 4.69) is 20.8 Å². The van der Waals surface area contributed by atoms with E-state index >= 15 is 0 Å². The standard InChI is InChI=1S/C16H10ClF3N4O2S3/c17-9-4-3-8(16(18,19)20)6-10(9)21-12(25)7-28-15-24-23-14(29-15)22-13(26)11-2-1-5-27-11/h1-6H,7H2,(H,21,25)(H,22,23,26). The molecule has 0 aliphatic carbocycles. The zero-order valence-electron chi connectivity index (χ0n) is 14.1. The normalized spacial score (nSPS) is 11.3. The van der Waals surface area contributed by atoms with Crippen LogP contribution in [0.3, 0.4) is 0 Å². The predicted octanol–water partition coefficient (Wildman–Crippen LogP) is 5.25. The van der Waals surface area contributed by atoms with Crippen molar-refractivity contribution in [2.75, 3.05) is 16.4 Å². The Morgan fingerprint density at radius 1 is 1.17 bits per heavy atom. The molecular weight excluding hydrogens is 469 g/mol. The Morgan fingerprint density at radius 2 is 1.97 bits per heavy atom. The third kappa shape index (κ3) is 5.92. The SMILES string of the molecule is O=C(CSc1nnc(NC(=O)c2cccs2)s1)Nc1cc(C(F)(F)F)ccc1Cl. The summed E-state index contributed by atoms with van der Waals surface area (Å²) in [5, 5.41) is 14.7. The number of rotatable bonds is 6. The van der Waals surface area contributed by atoms with Crippen LogP contribution in [0.1, 0.15) is 15.2 Å². The van der Waals surface area contributed by atoms with Crippen molar-refractivity contribution in [3.63, 3.8) is 0 Å². The molecule has 0 aliphatic heterocycles. The first-order chi connectivity index (χ1) is 13.7. The van der Waals surface area contributed by atoms with Gasteiger partial charge in [0.1, 0.15) is 0 Å². The molecule has 0 atom stereocenters. The second-order valence-electron chi connectivity index (χ2n) is 5.33. The van der Waals surface area contributed by atoms with Gasteiger partial charge in [0.25, 0.3) is 5.91 Å². The Morgan fingerprint density at radius 3 is 2.66 bits per heavy atom. The molecule has 2 aromatic heterocycles. The highest BCUT2D eigenvalue weighted by atomic mass is 35.5. The van der Waals surface area contributed by atoms with Gasteiger partial charge in [0.15, 0.2) is 4.34 Å². The quantitative estimate of drug-likeness (QED) is 0.373. The Kier molecular flexibility index (Phi) is 6.77. The number of benzene rings is 1. The Labute approximate surface area is 179 Å². The van der Waals surface area contributed by atoms with Crippen LogP contribution in [-0.4, -0.2) is 27.8 Å². The number of alkyl halides is 3. The number of aromatic nitrogens is 2. The van der Waals surface area contributed by atoms with Crippen molar-refractivity contribution in [3.8, 4) is 0 Å². The van der Waals surface area contributed by atoms with E-state index < -0.39 is 17.6 Å². The lowest BCUT2D eigenvalue weighted by Gasteiger charge is -2.11. The van der Waals surface area contributed by atoms with Crippen LogP contribution in [0.2, 0.25) is 5.02 Å². The molecule has 152 valence electrons. The number of nitrogens with one attached hydrogen (secondary N) is 2. The fourth-order valence-electron chi connectivity index (χ4n) is 2.00. The van der Waals surface area contributed by atoms with Gasteiger partial charge in [-0.05, 0) is 29.6 Å². The number of halogens is 4. The van der Waals surface area contributed by atoms with Gasteiger partial charge in [0.05, 0.1) is 26.9 Å². The highest BCUT2D eigenvalue weighted by Crippen LogP contribution is 2.34. The topological polar surface area (TPSA) is 84.0 Å². The van der Waals surface area contributed by atoms with E-state index in [-0.39, 0.29) is 27.5 Å². The van der Waals surface area contributed by atoms with Gasteiger partial charge in [0.2, 0.25) is 11.0 Å². The maximum atomic E-state index is 12.8.